The molecular formula is C37H37F3N4O3. The summed E-state index contributed by atoms with van der Waals surface area (Å²) in [5.74, 6) is -0.415. The van der Waals surface area contributed by atoms with Crippen molar-refractivity contribution in [1.82, 2.24) is 15.2 Å². The molecule has 4 aromatic rings. The van der Waals surface area contributed by atoms with Crippen LogP contribution in [0.5, 0.6) is 5.88 Å². The number of amides is 2. The molecule has 1 aromatic heterocycles. The van der Waals surface area contributed by atoms with Gasteiger partial charge in [0.15, 0.2) is 0 Å². The first kappa shape index (κ1) is 32.2. The average Bonchev–Trinajstić information content (AvgIpc) is 3.37. The lowest BCUT2D eigenvalue weighted by Crippen LogP contribution is -2.47. The van der Waals surface area contributed by atoms with Gasteiger partial charge < -0.3 is 15.4 Å². The Labute approximate surface area is 272 Å². The zero-order chi connectivity index (χ0) is 32.9. The number of benzene rings is 3. The smallest absolute Gasteiger partial charge is 0.405 e. The Morgan fingerprint density at radius 2 is 1.57 bits per heavy atom. The van der Waals surface area contributed by atoms with Gasteiger partial charge in [0.25, 0.3) is 0 Å². The van der Waals surface area contributed by atoms with Crippen molar-refractivity contribution < 1.29 is 27.5 Å². The van der Waals surface area contributed by atoms with Crippen molar-refractivity contribution in [2.45, 2.75) is 56.3 Å². The van der Waals surface area contributed by atoms with Crippen LogP contribution in [-0.4, -0.2) is 53.6 Å². The summed E-state index contributed by atoms with van der Waals surface area (Å²) in [6.07, 6.45) is 0.471. The molecule has 1 aliphatic heterocycles. The summed E-state index contributed by atoms with van der Waals surface area (Å²) in [7, 11) is 0. The van der Waals surface area contributed by atoms with Gasteiger partial charge in [-0.15, -0.1) is 0 Å². The largest absolute Gasteiger partial charge is 0.478 e. The molecule has 3 aromatic carbocycles. The van der Waals surface area contributed by atoms with Crippen molar-refractivity contribution in [2.75, 3.05) is 25.0 Å². The minimum absolute atomic E-state index is 0.0673. The van der Waals surface area contributed by atoms with Crippen LogP contribution in [0.3, 0.4) is 0 Å². The predicted molar refractivity (Wildman–Crippen MR) is 174 cm³/mol. The molecule has 0 radical (unpaired) electrons. The Morgan fingerprint density at radius 1 is 0.894 bits per heavy atom. The first-order chi connectivity index (χ1) is 22.7. The summed E-state index contributed by atoms with van der Waals surface area (Å²) >= 11 is 0. The second-order valence-corrected chi connectivity index (χ2v) is 12.1. The number of rotatable bonds is 11. The van der Waals surface area contributed by atoms with E-state index in [-0.39, 0.29) is 25.0 Å². The SMILES string of the molecule is O=C(Nc1ccc(OCCCC2(C(=O)NCC(F)(F)F)c3ccccc3-c3ccccc32)nc1)C1CCCCN1Cc1ccccc1. The van der Waals surface area contributed by atoms with Crippen LogP contribution >= 0.6 is 0 Å². The number of aromatic nitrogens is 1. The number of carbonyl (C=O) groups excluding carboxylic acids is 2. The minimum Gasteiger partial charge on any atom is -0.478 e. The van der Waals surface area contributed by atoms with Gasteiger partial charge in [0.05, 0.1) is 24.5 Å². The molecule has 1 atom stereocenters. The first-order valence-electron chi connectivity index (χ1n) is 16.0. The lowest BCUT2D eigenvalue weighted by Gasteiger charge is -2.34. The number of fused-ring (bicyclic) bond motifs is 3. The molecule has 1 aliphatic carbocycles. The van der Waals surface area contributed by atoms with E-state index in [0.29, 0.717) is 35.7 Å². The zero-order valence-electron chi connectivity index (χ0n) is 25.9. The highest BCUT2D eigenvalue weighted by molar-refractivity contribution is 6.00. The summed E-state index contributed by atoms with van der Waals surface area (Å²) in [4.78, 5) is 33.5. The average molecular weight is 643 g/mol. The van der Waals surface area contributed by atoms with E-state index in [1.165, 1.54) is 5.56 Å². The molecule has 6 rings (SSSR count). The normalized spacial score (nSPS) is 17.0. The molecule has 2 amide bonds. The monoisotopic (exact) mass is 642 g/mol. The fourth-order valence-corrected chi connectivity index (χ4v) is 6.86. The van der Waals surface area contributed by atoms with Crippen LogP contribution < -0.4 is 15.4 Å². The maximum Gasteiger partial charge on any atom is 0.405 e. The standard InChI is InChI=1S/C37H37F3N4O3/c38-37(39,40)25-42-35(46)36(30-15-6-4-13-28(30)29-14-5-7-16-31(29)36)20-10-22-47-33-19-18-27(23-41-33)43-34(45)32-17-8-9-21-44(32)24-26-11-2-1-3-12-26/h1-7,11-16,18-19,23,32H,8-10,17,20-22,24-25H2,(H,42,46)(H,43,45). The van der Waals surface area contributed by atoms with Crippen LogP contribution in [0.2, 0.25) is 0 Å². The van der Waals surface area contributed by atoms with Crippen LogP contribution in [0.15, 0.2) is 97.2 Å². The molecule has 7 nitrogen and oxygen atoms in total. The van der Waals surface area contributed by atoms with Crippen molar-refractivity contribution in [2.24, 2.45) is 0 Å². The lowest BCUT2D eigenvalue weighted by atomic mass is 9.73. The summed E-state index contributed by atoms with van der Waals surface area (Å²) in [5.41, 5.74) is 3.47. The third-order valence-corrected chi connectivity index (χ3v) is 9.00. The molecule has 1 unspecified atom stereocenters. The van der Waals surface area contributed by atoms with Crippen LogP contribution in [0.25, 0.3) is 11.1 Å². The van der Waals surface area contributed by atoms with Crippen molar-refractivity contribution in [3.8, 4) is 17.0 Å². The van der Waals surface area contributed by atoms with Gasteiger partial charge in [0, 0.05) is 12.6 Å². The van der Waals surface area contributed by atoms with E-state index in [0.717, 1.165) is 36.9 Å². The molecule has 47 heavy (non-hydrogen) atoms. The number of nitrogens with zero attached hydrogens (tertiary/aromatic N) is 2. The number of piperidine rings is 1. The number of likely N-dealkylation sites (tertiary alicyclic amines) is 1. The molecule has 2 heterocycles. The molecule has 244 valence electrons. The second-order valence-electron chi connectivity index (χ2n) is 12.1. The van der Waals surface area contributed by atoms with Crippen molar-refractivity contribution in [1.29, 1.82) is 0 Å². The summed E-state index contributed by atoms with van der Waals surface area (Å²) < 4.78 is 45.3. The number of hydrogen-bond acceptors (Lipinski definition) is 5. The number of alkyl halides is 3. The third kappa shape index (κ3) is 7.17. The summed E-state index contributed by atoms with van der Waals surface area (Å²) in [6, 6.07) is 28.0. The quantitative estimate of drug-likeness (QED) is 0.174. The number of ether oxygens (including phenoxy) is 1. The zero-order valence-corrected chi connectivity index (χ0v) is 25.9. The van der Waals surface area contributed by atoms with E-state index in [2.05, 4.69) is 32.7 Å². The highest BCUT2D eigenvalue weighted by Gasteiger charge is 2.49. The van der Waals surface area contributed by atoms with Crippen molar-refractivity contribution >= 4 is 17.5 Å². The molecule has 2 N–H and O–H groups in total. The molecule has 1 fully saturated rings. The van der Waals surface area contributed by atoms with Gasteiger partial charge in [-0.1, -0.05) is 85.3 Å². The molecule has 2 aliphatic rings. The molecule has 10 heteroatoms. The maximum absolute atomic E-state index is 13.7. The van der Waals surface area contributed by atoms with E-state index >= 15 is 0 Å². The van der Waals surface area contributed by atoms with Gasteiger partial charge in [-0.3, -0.25) is 14.5 Å². The van der Waals surface area contributed by atoms with E-state index in [1.54, 1.807) is 30.5 Å². The van der Waals surface area contributed by atoms with Gasteiger partial charge in [-0.05, 0) is 66.1 Å². The number of anilines is 1. The Morgan fingerprint density at radius 3 is 2.23 bits per heavy atom. The van der Waals surface area contributed by atoms with Gasteiger partial charge in [0.2, 0.25) is 17.7 Å². The van der Waals surface area contributed by atoms with E-state index in [4.69, 9.17) is 4.74 Å². The van der Waals surface area contributed by atoms with Gasteiger partial charge in [0.1, 0.15) is 12.0 Å². The van der Waals surface area contributed by atoms with Gasteiger partial charge in [-0.2, -0.15) is 13.2 Å². The number of nitrogens with one attached hydrogen (secondary N) is 2. The Bertz CT molecular complexity index is 1650. The number of carbonyl (C=O) groups is 2. The van der Waals surface area contributed by atoms with E-state index in [9.17, 15) is 22.8 Å². The Hall–Kier alpha value is -4.70. The van der Waals surface area contributed by atoms with Crippen LogP contribution in [0.1, 0.15) is 48.8 Å². The van der Waals surface area contributed by atoms with E-state index in [1.807, 2.05) is 54.6 Å². The summed E-state index contributed by atoms with van der Waals surface area (Å²) in [5, 5.41) is 5.15. The predicted octanol–water partition coefficient (Wildman–Crippen LogP) is 6.88. The fourth-order valence-electron chi connectivity index (χ4n) is 6.86. The Balaban J connectivity index is 1.09. The molecule has 1 saturated heterocycles. The lowest BCUT2D eigenvalue weighted by molar-refractivity contribution is -0.141. The van der Waals surface area contributed by atoms with Crippen LogP contribution in [0, 0.1) is 0 Å². The van der Waals surface area contributed by atoms with Crippen LogP contribution in [-0.2, 0) is 21.5 Å². The third-order valence-electron chi connectivity index (χ3n) is 9.00. The van der Waals surface area contributed by atoms with Crippen LogP contribution in [0.4, 0.5) is 18.9 Å². The number of pyridine rings is 1. The topological polar surface area (TPSA) is 83.6 Å². The van der Waals surface area contributed by atoms with Crippen molar-refractivity contribution in [3.05, 3.63) is 114 Å². The minimum atomic E-state index is -4.53. The van der Waals surface area contributed by atoms with Gasteiger partial charge in [-0.25, -0.2) is 4.98 Å². The number of halogens is 3. The highest BCUT2D eigenvalue weighted by atomic mass is 19.4. The fraction of sp³-hybridized carbons (Fsp3) is 0.324. The first-order valence-corrected chi connectivity index (χ1v) is 16.0. The van der Waals surface area contributed by atoms with Gasteiger partial charge >= 0.3 is 6.18 Å². The summed E-state index contributed by atoms with van der Waals surface area (Å²) in [6.45, 7) is 0.355. The molecule has 0 spiro atoms. The van der Waals surface area contributed by atoms with E-state index < -0.39 is 24.0 Å². The maximum atomic E-state index is 13.7. The van der Waals surface area contributed by atoms with Crippen molar-refractivity contribution in [3.63, 3.8) is 0 Å². The molecule has 0 saturated carbocycles. The number of hydrogen-bond donors (Lipinski definition) is 2. The molecule has 0 bridgehead atoms. The second kappa shape index (κ2) is 14.0. The molecular weight excluding hydrogens is 605 g/mol. The Kier molecular flexibility index (Phi) is 9.58. The highest BCUT2D eigenvalue weighted by Crippen LogP contribution is 2.51.